The summed E-state index contributed by atoms with van der Waals surface area (Å²) in [5.74, 6) is 0.218. The molecule has 2 N–H and O–H groups in total. The molecule has 4 nitrogen and oxygen atoms in total. The lowest BCUT2D eigenvalue weighted by molar-refractivity contribution is -0.157. The van der Waals surface area contributed by atoms with Crippen LogP contribution in [0.2, 0.25) is 0 Å². The van der Waals surface area contributed by atoms with Gasteiger partial charge in [-0.1, -0.05) is 6.42 Å². The van der Waals surface area contributed by atoms with Gasteiger partial charge in [-0.15, -0.1) is 0 Å². The zero-order valence-electron chi connectivity index (χ0n) is 11.2. The molecule has 4 heteroatoms. The van der Waals surface area contributed by atoms with E-state index < -0.39 is 0 Å². The Morgan fingerprint density at radius 1 is 1.41 bits per heavy atom. The van der Waals surface area contributed by atoms with Gasteiger partial charge < -0.3 is 15.4 Å². The molecular formula is C13H24N2O2. The molecule has 1 aliphatic heterocycles. The molecule has 1 heterocycles. The molecule has 0 aromatic heterocycles. The third-order valence-electron chi connectivity index (χ3n) is 4.41. The molecule has 2 atom stereocenters. The highest BCUT2D eigenvalue weighted by molar-refractivity contribution is 5.84. The number of morpholine rings is 1. The summed E-state index contributed by atoms with van der Waals surface area (Å²) in [5, 5.41) is 0. The first-order valence-corrected chi connectivity index (χ1v) is 6.53. The molecule has 2 aliphatic rings. The van der Waals surface area contributed by atoms with Gasteiger partial charge in [0, 0.05) is 12.6 Å². The van der Waals surface area contributed by atoms with Crippen LogP contribution < -0.4 is 5.73 Å². The summed E-state index contributed by atoms with van der Waals surface area (Å²) >= 11 is 0. The Labute approximate surface area is 103 Å². The molecule has 2 unspecified atom stereocenters. The van der Waals surface area contributed by atoms with E-state index in [0.717, 1.165) is 19.3 Å². The highest BCUT2D eigenvalue weighted by Gasteiger charge is 2.48. The molecule has 2 fully saturated rings. The van der Waals surface area contributed by atoms with Gasteiger partial charge in [0.2, 0.25) is 5.91 Å². The second-order valence-corrected chi connectivity index (χ2v) is 6.24. The highest BCUT2D eigenvalue weighted by Crippen LogP contribution is 2.40. The third kappa shape index (κ3) is 2.08. The molecular weight excluding hydrogens is 216 g/mol. The van der Waals surface area contributed by atoms with Crippen LogP contribution >= 0.6 is 0 Å². The van der Waals surface area contributed by atoms with Gasteiger partial charge in [0.15, 0.2) is 0 Å². The average Bonchev–Trinajstić information content (AvgIpc) is 2.59. The Balaban J connectivity index is 2.19. The number of ether oxygens (including phenoxy) is 1. The predicted octanol–water partition coefficient (Wildman–Crippen LogP) is 1.14. The van der Waals surface area contributed by atoms with Crippen molar-refractivity contribution >= 4 is 5.91 Å². The molecule has 0 aromatic carbocycles. The Morgan fingerprint density at radius 2 is 2.12 bits per heavy atom. The molecule has 1 amide bonds. The average molecular weight is 240 g/mol. The maximum absolute atomic E-state index is 12.7. The van der Waals surface area contributed by atoms with Gasteiger partial charge >= 0.3 is 0 Å². The number of carbonyl (C=O) groups is 1. The smallest absolute Gasteiger partial charge is 0.230 e. The van der Waals surface area contributed by atoms with Crippen LogP contribution in [0.4, 0.5) is 0 Å². The van der Waals surface area contributed by atoms with Crippen LogP contribution in [0.25, 0.3) is 0 Å². The van der Waals surface area contributed by atoms with E-state index in [0.29, 0.717) is 19.8 Å². The van der Waals surface area contributed by atoms with E-state index in [9.17, 15) is 4.79 Å². The number of rotatable bonds is 1. The minimum absolute atomic E-state index is 0.00800. The van der Waals surface area contributed by atoms with Crippen molar-refractivity contribution in [1.29, 1.82) is 0 Å². The first-order valence-electron chi connectivity index (χ1n) is 6.53. The maximum atomic E-state index is 12.7. The fourth-order valence-corrected chi connectivity index (χ4v) is 3.00. The van der Waals surface area contributed by atoms with Crippen LogP contribution in [0, 0.1) is 5.41 Å². The number of amides is 1. The summed E-state index contributed by atoms with van der Waals surface area (Å²) in [6, 6.07) is 0.00800. The van der Waals surface area contributed by atoms with E-state index in [2.05, 4.69) is 13.8 Å². The second-order valence-electron chi connectivity index (χ2n) is 6.24. The maximum Gasteiger partial charge on any atom is 0.230 e. The van der Waals surface area contributed by atoms with Crippen molar-refractivity contribution in [3.05, 3.63) is 0 Å². The van der Waals surface area contributed by atoms with Gasteiger partial charge in [-0.3, -0.25) is 4.79 Å². The van der Waals surface area contributed by atoms with Gasteiger partial charge in [-0.2, -0.15) is 0 Å². The van der Waals surface area contributed by atoms with E-state index in [1.165, 1.54) is 0 Å². The molecule has 1 aliphatic carbocycles. The second kappa shape index (κ2) is 4.25. The molecule has 17 heavy (non-hydrogen) atoms. The van der Waals surface area contributed by atoms with Gasteiger partial charge in [0.1, 0.15) is 0 Å². The molecule has 0 radical (unpaired) electrons. The van der Waals surface area contributed by atoms with Crippen LogP contribution in [0.5, 0.6) is 0 Å². The SMILES string of the molecule is CC1(C(=O)N2CCOCC2(C)C)CCCC1N. The molecule has 0 bridgehead atoms. The van der Waals surface area contributed by atoms with Crippen LogP contribution in [0.3, 0.4) is 0 Å². The van der Waals surface area contributed by atoms with Crippen molar-refractivity contribution < 1.29 is 9.53 Å². The Morgan fingerprint density at radius 3 is 2.65 bits per heavy atom. The van der Waals surface area contributed by atoms with Crippen molar-refractivity contribution in [2.45, 2.75) is 51.6 Å². The predicted molar refractivity (Wildman–Crippen MR) is 66.5 cm³/mol. The summed E-state index contributed by atoms with van der Waals surface area (Å²) in [4.78, 5) is 14.7. The van der Waals surface area contributed by atoms with Crippen LogP contribution in [0.1, 0.15) is 40.0 Å². The van der Waals surface area contributed by atoms with Crippen LogP contribution in [-0.4, -0.2) is 42.1 Å². The number of hydrogen-bond donors (Lipinski definition) is 1. The fourth-order valence-electron chi connectivity index (χ4n) is 3.00. The molecule has 98 valence electrons. The lowest BCUT2D eigenvalue weighted by atomic mass is 9.82. The van der Waals surface area contributed by atoms with Crippen molar-refractivity contribution in [1.82, 2.24) is 4.90 Å². The molecule has 2 rings (SSSR count). The van der Waals surface area contributed by atoms with Crippen molar-refractivity contribution in [2.24, 2.45) is 11.1 Å². The minimum atomic E-state index is -0.366. The lowest BCUT2D eigenvalue weighted by Crippen LogP contribution is -2.60. The van der Waals surface area contributed by atoms with Gasteiger partial charge in [-0.25, -0.2) is 0 Å². The van der Waals surface area contributed by atoms with Gasteiger partial charge in [0.05, 0.1) is 24.2 Å². The summed E-state index contributed by atoms with van der Waals surface area (Å²) in [6.45, 7) is 8.10. The third-order valence-corrected chi connectivity index (χ3v) is 4.41. The number of hydrogen-bond acceptors (Lipinski definition) is 3. The van der Waals surface area contributed by atoms with E-state index in [1.807, 2.05) is 11.8 Å². The van der Waals surface area contributed by atoms with E-state index in [1.54, 1.807) is 0 Å². The van der Waals surface area contributed by atoms with E-state index in [-0.39, 0.29) is 22.9 Å². The summed E-state index contributed by atoms with van der Waals surface area (Å²) in [6.07, 6.45) is 2.95. The topological polar surface area (TPSA) is 55.6 Å². The number of nitrogens with two attached hydrogens (primary N) is 1. The first kappa shape index (κ1) is 12.8. The van der Waals surface area contributed by atoms with Gasteiger partial charge in [-0.05, 0) is 33.6 Å². The Kier molecular flexibility index (Phi) is 3.21. The minimum Gasteiger partial charge on any atom is -0.377 e. The zero-order chi connectivity index (χ0) is 12.7. The van der Waals surface area contributed by atoms with Crippen molar-refractivity contribution in [3.63, 3.8) is 0 Å². The van der Waals surface area contributed by atoms with E-state index in [4.69, 9.17) is 10.5 Å². The highest BCUT2D eigenvalue weighted by atomic mass is 16.5. The summed E-state index contributed by atoms with van der Waals surface area (Å²) < 4.78 is 5.46. The quantitative estimate of drug-likeness (QED) is 0.748. The van der Waals surface area contributed by atoms with Crippen molar-refractivity contribution in [3.8, 4) is 0 Å². The van der Waals surface area contributed by atoms with Crippen LogP contribution in [0.15, 0.2) is 0 Å². The molecule has 0 spiro atoms. The van der Waals surface area contributed by atoms with Crippen molar-refractivity contribution in [2.75, 3.05) is 19.8 Å². The Hall–Kier alpha value is -0.610. The normalized spacial score (nSPS) is 37.2. The lowest BCUT2D eigenvalue weighted by Gasteiger charge is -2.46. The number of carbonyl (C=O) groups excluding carboxylic acids is 1. The summed E-state index contributed by atoms with van der Waals surface area (Å²) in [5.41, 5.74) is 5.56. The zero-order valence-corrected chi connectivity index (χ0v) is 11.2. The monoisotopic (exact) mass is 240 g/mol. The number of nitrogens with zero attached hydrogens (tertiary/aromatic N) is 1. The molecule has 1 saturated heterocycles. The van der Waals surface area contributed by atoms with Crippen LogP contribution in [-0.2, 0) is 9.53 Å². The fraction of sp³-hybridized carbons (Fsp3) is 0.923. The molecule has 0 aromatic rings. The Bertz CT molecular complexity index is 317. The summed E-state index contributed by atoms with van der Waals surface area (Å²) in [7, 11) is 0. The van der Waals surface area contributed by atoms with Gasteiger partial charge in [0.25, 0.3) is 0 Å². The largest absolute Gasteiger partial charge is 0.377 e. The van der Waals surface area contributed by atoms with E-state index >= 15 is 0 Å². The first-order chi connectivity index (χ1) is 7.88. The standard InChI is InChI=1S/C13H24N2O2/c1-12(2)9-17-8-7-15(12)11(16)13(3)6-4-5-10(13)14/h10H,4-9,14H2,1-3H3. The molecule has 1 saturated carbocycles.